The second-order valence-electron chi connectivity index (χ2n) is 8.75. The number of alkyl carbamates (subject to hydrolysis) is 1. The number of carboxylic acids is 1. The van der Waals surface area contributed by atoms with Crippen molar-refractivity contribution in [2.24, 2.45) is 5.92 Å². The molecule has 0 aliphatic heterocycles. The zero-order chi connectivity index (χ0) is 24.2. The van der Waals surface area contributed by atoms with Gasteiger partial charge in [0, 0.05) is 5.92 Å². The number of fused-ring (bicyclic) bond motifs is 3. The maximum absolute atomic E-state index is 13.2. The summed E-state index contributed by atoms with van der Waals surface area (Å²) in [5, 5.41) is 13.4. The highest BCUT2D eigenvalue weighted by molar-refractivity contribution is 5.86. The van der Waals surface area contributed by atoms with Crippen molar-refractivity contribution in [3.8, 4) is 11.1 Å². The Morgan fingerprint density at radius 1 is 0.971 bits per heavy atom. The van der Waals surface area contributed by atoms with E-state index in [4.69, 9.17) is 9.84 Å². The van der Waals surface area contributed by atoms with Gasteiger partial charge in [-0.3, -0.25) is 9.59 Å². The number of alkyl halides is 2. The van der Waals surface area contributed by atoms with E-state index in [1.54, 1.807) is 0 Å². The second-order valence-corrected chi connectivity index (χ2v) is 8.75. The third kappa shape index (κ3) is 5.52. The molecule has 2 aliphatic rings. The molecule has 0 bridgehead atoms. The van der Waals surface area contributed by atoms with Crippen LogP contribution in [-0.2, 0) is 14.3 Å². The summed E-state index contributed by atoms with van der Waals surface area (Å²) in [5.74, 6) is -2.25. The van der Waals surface area contributed by atoms with Crippen LogP contribution in [0.3, 0.4) is 0 Å². The molecule has 9 heteroatoms. The summed E-state index contributed by atoms with van der Waals surface area (Å²) in [5.41, 5.74) is 4.23. The molecule has 1 fully saturated rings. The number of benzene rings is 2. The van der Waals surface area contributed by atoms with Gasteiger partial charge in [0.2, 0.25) is 5.91 Å². The van der Waals surface area contributed by atoms with Gasteiger partial charge in [0.05, 0.1) is 6.42 Å². The lowest BCUT2D eigenvalue weighted by Gasteiger charge is -2.22. The monoisotopic (exact) mass is 472 g/mol. The number of nitrogens with one attached hydrogen (secondary N) is 2. The van der Waals surface area contributed by atoms with Gasteiger partial charge in [-0.1, -0.05) is 61.4 Å². The standard InChI is InChI=1S/C25H26F2N2O5/c26-23(27)20(12-22(30)31)28-24(32)21(11-14-9-10-14)29-25(33)34-13-19-17-7-3-1-5-15(17)16-6-2-4-8-18(16)19/h1-8,14,19-21,23H,9-13H2,(H,28,32)(H,29,33)(H,30,31)/t20?,21-/m0/s1. The van der Waals surface area contributed by atoms with Gasteiger partial charge in [-0.05, 0) is 34.6 Å². The summed E-state index contributed by atoms with van der Waals surface area (Å²) < 4.78 is 31.8. The normalized spacial score (nSPS) is 16.3. The summed E-state index contributed by atoms with van der Waals surface area (Å²) in [6, 6.07) is 12.8. The molecule has 1 unspecified atom stereocenters. The molecule has 4 rings (SSSR count). The molecule has 0 radical (unpaired) electrons. The predicted octanol–water partition coefficient (Wildman–Crippen LogP) is 3.92. The third-order valence-corrected chi connectivity index (χ3v) is 6.24. The SMILES string of the molecule is O=C(O)CC(NC(=O)[C@H](CC1CC1)NC(=O)OCC1c2ccccc2-c2ccccc21)C(F)F. The Morgan fingerprint density at radius 2 is 1.56 bits per heavy atom. The van der Waals surface area contributed by atoms with Gasteiger partial charge in [0.25, 0.3) is 6.43 Å². The molecule has 2 atom stereocenters. The van der Waals surface area contributed by atoms with E-state index in [0.29, 0.717) is 0 Å². The van der Waals surface area contributed by atoms with Gasteiger partial charge < -0.3 is 20.5 Å². The highest BCUT2D eigenvalue weighted by Crippen LogP contribution is 2.44. The Hall–Kier alpha value is -3.49. The van der Waals surface area contributed by atoms with Crippen LogP contribution in [0, 0.1) is 5.92 Å². The second kappa shape index (κ2) is 10.2. The lowest BCUT2D eigenvalue weighted by atomic mass is 9.98. The number of hydrogen-bond donors (Lipinski definition) is 3. The molecule has 7 nitrogen and oxygen atoms in total. The fourth-order valence-electron chi connectivity index (χ4n) is 4.38. The van der Waals surface area contributed by atoms with Gasteiger partial charge in [0.15, 0.2) is 0 Å². The number of carbonyl (C=O) groups is 3. The fraction of sp³-hybridized carbons (Fsp3) is 0.400. The minimum absolute atomic E-state index is 0.0519. The van der Waals surface area contributed by atoms with Gasteiger partial charge >= 0.3 is 12.1 Å². The van der Waals surface area contributed by atoms with E-state index in [0.717, 1.165) is 35.1 Å². The van der Waals surface area contributed by atoms with Crippen LogP contribution in [-0.4, -0.2) is 48.2 Å². The lowest BCUT2D eigenvalue weighted by molar-refractivity contribution is -0.139. The number of aliphatic carboxylic acids is 1. The molecule has 2 aliphatic carbocycles. The van der Waals surface area contributed by atoms with E-state index in [1.807, 2.05) is 48.5 Å². The number of amides is 2. The van der Waals surface area contributed by atoms with Crippen molar-refractivity contribution in [1.82, 2.24) is 10.6 Å². The Kier molecular flexibility index (Phi) is 7.09. The van der Waals surface area contributed by atoms with Gasteiger partial charge in [-0.15, -0.1) is 0 Å². The first-order valence-electron chi connectivity index (χ1n) is 11.2. The van der Waals surface area contributed by atoms with E-state index in [2.05, 4.69) is 10.6 Å². The molecule has 3 N–H and O–H groups in total. The highest BCUT2D eigenvalue weighted by atomic mass is 19.3. The minimum Gasteiger partial charge on any atom is -0.481 e. The average Bonchev–Trinajstić information content (AvgIpc) is 3.57. The molecule has 2 aromatic rings. The third-order valence-electron chi connectivity index (χ3n) is 6.24. The largest absolute Gasteiger partial charge is 0.481 e. The molecular weight excluding hydrogens is 446 g/mol. The van der Waals surface area contributed by atoms with Crippen molar-refractivity contribution in [1.29, 1.82) is 0 Å². The van der Waals surface area contributed by atoms with Crippen LogP contribution in [0.2, 0.25) is 0 Å². The summed E-state index contributed by atoms with van der Waals surface area (Å²) in [7, 11) is 0. The number of hydrogen-bond acceptors (Lipinski definition) is 4. The number of carboxylic acid groups (broad SMARTS) is 1. The van der Waals surface area contributed by atoms with E-state index >= 15 is 0 Å². The van der Waals surface area contributed by atoms with Crippen LogP contribution < -0.4 is 10.6 Å². The Balaban J connectivity index is 1.40. The summed E-state index contributed by atoms with van der Waals surface area (Å²) in [6.45, 7) is 0.0519. The van der Waals surface area contributed by atoms with E-state index in [-0.39, 0.29) is 24.9 Å². The quantitative estimate of drug-likeness (QED) is 0.486. The zero-order valence-electron chi connectivity index (χ0n) is 18.4. The van der Waals surface area contributed by atoms with E-state index in [1.165, 1.54) is 0 Å². The number of ether oxygens (including phenoxy) is 1. The molecule has 0 spiro atoms. The van der Waals surface area contributed by atoms with Gasteiger partial charge in [-0.25, -0.2) is 13.6 Å². The van der Waals surface area contributed by atoms with Crippen LogP contribution in [0.5, 0.6) is 0 Å². The van der Waals surface area contributed by atoms with Gasteiger partial charge in [0.1, 0.15) is 18.7 Å². The van der Waals surface area contributed by atoms with Gasteiger partial charge in [-0.2, -0.15) is 0 Å². The average molecular weight is 472 g/mol. The molecule has 0 saturated heterocycles. The van der Waals surface area contributed by atoms with E-state index in [9.17, 15) is 23.2 Å². The smallest absolute Gasteiger partial charge is 0.407 e. The first-order valence-corrected chi connectivity index (χ1v) is 11.2. The molecule has 0 heterocycles. The molecule has 1 saturated carbocycles. The first kappa shape index (κ1) is 23.7. The van der Waals surface area contributed by atoms with Crippen LogP contribution in [0.15, 0.2) is 48.5 Å². The summed E-state index contributed by atoms with van der Waals surface area (Å²) in [4.78, 5) is 36.0. The summed E-state index contributed by atoms with van der Waals surface area (Å²) in [6.07, 6.45) is -2.75. The Labute approximate surface area is 195 Å². The zero-order valence-corrected chi connectivity index (χ0v) is 18.4. The van der Waals surface area contributed by atoms with Crippen LogP contribution in [0.4, 0.5) is 13.6 Å². The lowest BCUT2D eigenvalue weighted by Crippen LogP contribution is -2.52. The first-order chi connectivity index (χ1) is 16.3. The maximum atomic E-state index is 13.2. The molecule has 0 aromatic heterocycles. The minimum atomic E-state index is -3.05. The van der Waals surface area contributed by atoms with Crippen LogP contribution >= 0.6 is 0 Å². The van der Waals surface area contributed by atoms with Crippen LogP contribution in [0.1, 0.15) is 42.7 Å². The molecule has 2 amide bonds. The molecule has 180 valence electrons. The number of carbonyl (C=O) groups excluding carboxylic acids is 2. The van der Waals surface area contributed by atoms with Crippen molar-refractivity contribution in [2.75, 3.05) is 6.61 Å². The number of rotatable bonds is 10. The summed E-state index contributed by atoms with van der Waals surface area (Å²) >= 11 is 0. The van der Waals surface area contributed by atoms with E-state index < -0.39 is 42.9 Å². The number of halogens is 2. The van der Waals surface area contributed by atoms with Crippen molar-refractivity contribution in [2.45, 2.75) is 50.1 Å². The molecular formula is C25H26F2N2O5. The van der Waals surface area contributed by atoms with Crippen molar-refractivity contribution in [3.05, 3.63) is 59.7 Å². The van der Waals surface area contributed by atoms with Crippen LogP contribution in [0.25, 0.3) is 11.1 Å². The molecule has 34 heavy (non-hydrogen) atoms. The predicted molar refractivity (Wildman–Crippen MR) is 120 cm³/mol. The maximum Gasteiger partial charge on any atom is 0.407 e. The van der Waals surface area contributed by atoms with Crippen molar-refractivity contribution in [3.63, 3.8) is 0 Å². The van der Waals surface area contributed by atoms with Crippen molar-refractivity contribution >= 4 is 18.0 Å². The highest BCUT2D eigenvalue weighted by Gasteiger charge is 2.34. The Bertz CT molecular complexity index is 1030. The molecule has 2 aromatic carbocycles. The topological polar surface area (TPSA) is 105 Å². The fourth-order valence-corrected chi connectivity index (χ4v) is 4.38. The van der Waals surface area contributed by atoms with Crippen molar-refractivity contribution < 1.29 is 33.0 Å². The Morgan fingerprint density at radius 3 is 2.09 bits per heavy atom.